The second-order valence-electron chi connectivity index (χ2n) is 8.18. The van der Waals surface area contributed by atoms with E-state index in [1.54, 1.807) is 60.7 Å². The van der Waals surface area contributed by atoms with E-state index < -0.39 is 23.7 Å². The van der Waals surface area contributed by atoms with E-state index >= 15 is 0 Å². The van der Waals surface area contributed by atoms with Crippen LogP contribution in [-0.2, 0) is 14.3 Å². The quantitative estimate of drug-likeness (QED) is 0.295. The number of carbonyl (C=O) groups is 4. The third kappa shape index (κ3) is 5.52. The lowest BCUT2D eigenvalue weighted by atomic mass is 10.1. The lowest BCUT2D eigenvalue weighted by Crippen LogP contribution is -2.32. The normalized spacial score (nSPS) is 13.0. The highest BCUT2D eigenvalue weighted by atomic mass is 35.5. The number of ether oxygens (including phenoxy) is 2. The molecule has 0 aliphatic carbocycles. The van der Waals surface area contributed by atoms with Gasteiger partial charge in [0.2, 0.25) is 0 Å². The lowest BCUT2D eigenvalue weighted by Gasteiger charge is -2.18. The van der Waals surface area contributed by atoms with E-state index in [-0.39, 0.29) is 22.0 Å². The Morgan fingerprint density at radius 3 is 2.32 bits per heavy atom. The average Bonchev–Trinajstić information content (AvgIpc) is 3.14. The van der Waals surface area contributed by atoms with E-state index in [4.69, 9.17) is 21.1 Å². The van der Waals surface area contributed by atoms with Crippen LogP contribution in [0.5, 0.6) is 5.75 Å². The predicted octanol–water partition coefficient (Wildman–Crippen LogP) is 4.95. The molecule has 1 heterocycles. The van der Waals surface area contributed by atoms with Gasteiger partial charge in [-0.05, 0) is 55.0 Å². The Morgan fingerprint density at radius 2 is 1.58 bits per heavy atom. The first kappa shape index (κ1) is 26.4. The molecule has 3 aromatic rings. The number of nitrogens with one attached hydrogen (secondary N) is 2. The Hall–Kier alpha value is -4.63. The maximum atomic E-state index is 13.1. The third-order valence-corrected chi connectivity index (χ3v) is 5.89. The number of imide groups is 1. The topological polar surface area (TPSA) is 114 Å². The van der Waals surface area contributed by atoms with Gasteiger partial charge < -0.3 is 20.1 Å². The molecule has 10 heteroatoms. The Bertz CT molecular complexity index is 1450. The van der Waals surface area contributed by atoms with E-state index in [1.165, 1.54) is 19.2 Å². The number of amides is 3. The number of hydrogen-bond acceptors (Lipinski definition) is 7. The van der Waals surface area contributed by atoms with E-state index in [1.807, 2.05) is 6.92 Å². The molecule has 0 bridgehead atoms. The number of nitrogens with zero attached hydrogens (tertiary/aromatic N) is 1. The summed E-state index contributed by atoms with van der Waals surface area (Å²) in [5.74, 6) is -1.95. The van der Waals surface area contributed by atoms with E-state index in [9.17, 15) is 19.2 Å². The first-order chi connectivity index (χ1) is 18.3. The number of carbonyl (C=O) groups excluding carboxylic acids is 4. The van der Waals surface area contributed by atoms with E-state index in [0.717, 1.165) is 4.90 Å². The number of methoxy groups -OCH3 is 1. The van der Waals surface area contributed by atoms with Gasteiger partial charge in [-0.15, -0.1) is 0 Å². The minimum atomic E-state index is -0.699. The molecule has 0 saturated heterocycles. The highest BCUT2D eigenvalue weighted by molar-refractivity contribution is 6.53. The van der Waals surface area contributed by atoms with Crippen LogP contribution in [0.3, 0.4) is 0 Å². The molecule has 4 rings (SSSR count). The molecule has 38 heavy (non-hydrogen) atoms. The maximum Gasteiger partial charge on any atom is 0.338 e. The minimum Gasteiger partial charge on any atom is -0.495 e. The van der Waals surface area contributed by atoms with E-state index in [2.05, 4.69) is 10.6 Å². The zero-order valence-corrected chi connectivity index (χ0v) is 21.4. The van der Waals surface area contributed by atoms with Crippen LogP contribution in [0.25, 0.3) is 0 Å². The van der Waals surface area contributed by atoms with Crippen molar-refractivity contribution in [2.24, 2.45) is 0 Å². The van der Waals surface area contributed by atoms with Crippen molar-refractivity contribution in [3.8, 4) is 5.75 Å². The summed E-state index contributed by atoms with van der Waals surface area (Å²) < 4.78 is 10.4. The SMILES string of the molecule is CCCOC(=O)c1cccc(NC(=O)c2cccc(NC3=C(Cl)C(=O)N(c4ccccc4OC)C3=O)c2)c1. The number of benzene rings is 3. The van der Waals surface area contributed by atoms with Crippen molar-refractivity contribution in [1.29, 1.82) is 0 Å². The van der Waals surface area contributed by atoms with Gasteiger partial charge in [0.05, 0.1) is 25.0 Å². The van der Waals surface area contributed by atoms with Gasteiger partial charge in [-0.25, -0.2) is 9.69 Å². The largest absolute Gasteiger partial charge is 0.495 e. The molecule has 0 unspecified atom stereocenters. The number of hydrogen-bond donors (Lipinski definition) is 2. The third-order valence-electron chi connectivity index (χ3n) is 5.54. The van der Waals surface area contributed by atoms with Crippen molar-refractivity contribution in [1.82, 2.24) is 0 Å². The Balaban J connectivity index is 1.50. The van der Waals surface area contributed by atoms with Crippen molar-refractivity contribution < 1.29 is 28.7 Å². The van der Waals surface area contributed by atoms with Crippen LogP contribution >= 0.6 is 11.6 Å². The van der Waals surface area contributed by atoms with Crippen LogP contribution in [0.2, 0.25) is 0 Å². The van der Waals surface area contributed by atoms with Gasteiger partial charge >= 0.3 is 5.97 Å². The van der Waals surface area contributed by atoms with Gasteiger partial charge in [0.15, 0.2) is 0 Å². The second-order valence-corrected chi connectivity index (χ2v) is 8.56. The van der Waals surface area contributed by atoms with Crippen LogP contribution in [-0.4, -0.2) is 37.4 Å². The summed E-state index contributed by atoms with van der Waals surface area (Å²) in [6.07, 6.45) is 0.701. The Kier molecular flexibility index (Phi) is 8.08. The summed E-state index contributed by atoms with van der Waals surface area (Å²) in [6.45, 7) is 2.20. The zero-order valence-electron chi connectivity index (χ0n) is 20.6. The molecule has 1 aliphatic rings. The fraction of sp³-hybridized carbons (Fsp3) is 0.143. The Labute approximate surface area is 224 Å². The van der Waals surface area contributed by atoms with Gasteiger partial charge in [-0.3, -0.25) is 14.4 Å². The van der Waals surface area contributed by atoms with Crippen LogP contribution < -0.4 is 20.3 Å². The average molecular weight is 534 g/mol. The molecule has 0 atom stereocenters. The molecule has 3 amide bonds. The summed E-state index contributed by atoms with van der Waals surface area (Å²) in [7, 11) is 1.43. The molecule has 0 saturated carbocycles. The van der Waals surface area contributed by atoms with Gasteiger partial charge in [-0.1, -0.05) is 42.8 Å². The molecule has 0 aromatic heterocycles. The standard InChI is InChI=1S/C28H24ClN3O6/c1-3-14-38-28(36)18-9-7-11-20(16-18)31-25(33)17-8-6-10-19(15-17)30-24-23(29)26(34)32(27(24)35)21-12-4-5-13-22(21)37-2/h4-13,15-16,30H,3,14H2,1-2H3,(H,31,33). The summed E-state index contributed by atoms with van der Waals surface area (Å²) in [6, 6.07) is 19.3. The summed E-state index contributed by atoms with van der Waals surface area (Å²) >= 11 is 6.24. The van der Waals surface area contributed by atoms with Gasteiger partial charge in [0.1, 0.15) is 16.5 Å². The number of rotatable bonds is 9. The van der Waals surface area contributed by atoms with Gasteiger partial charge in [-0.2, -0.15) is 0 Å². The predicted molar refractivity (Wildman–Crippen MR) is 143 cm³/mol. The molecule has 9 nitrogen and oxygen atoms in total. The summed E-state index contributed by atoms with van der Waals surface area (Å²) in [5, 5.41) is 5.32. The first-order valence-electron chi connectivity index (χ1n) is 11.7. The highest BCUT2D eigenvalue weighted by Crippen LogP contribution is 2.35. The monoisotopic (exact) mass is 533 g/mol. The van der Waals surface area contributed by atoms with Crippen molar-refractivity contribution in [2.45, 2.75) is 13.3 Å². The van der Waals surface area contributed by atoms with Crippen LogP contribution in [0.1, 0.15) is 34.1 Å². The Morgan fingerprint density at radius 1 is 0.895 bits per heavy atom. The fourth-order valence-corrected chi connectivity index (χ4v) is 3.95. The highest BCUT2D eigenvalue weighted by Gasteiger charge is 2.40. The number of esters is 1. The minimum absolute atomic E-state index is 0.126. The molecule has 194 valence electrons. The molecule has 2 N–H and O–H groups in total. The fourth-order valence-electron chi connectivity index (χ4n) is 3.73. The first-order valence-corrected chi connectivity index (χ1v) is 12.1. The van der Waals surface area contributed by atoms with Crippen LogP contribution in [0.4, 0.5) is 17.1 Å². The van der Waals surface area contributed by atoms with Gasteiger partial charge in [0.25, 0.3) is 17.7 Å². The van der Waals surface area contributed by atoms with E-state index in [0.29, 0.717) is 35.7 Å². The summed E-state index contributed by atoms with van der Waals surface area (Å²) in [5.41, 5.74) is 1.49. The number of para-hydroxylation sites is 2. The maximum absolute atomic E-state index is 13.1. The van der Waals surface area contributed by atoms with Gasteiger partial charge in [0, 0.05) is 16.9 Å². The lowest BCUT2D eigenvalue weighted by molar-refractivity contribution is -0.120. The number of anilines is 3. The molecule has 0 fully saturated rings. The number of halogens is 1. The molecular weight excluding hydrogens is 510 g/mol. The molecular formula is C28H24ClN3O6. The summed E-state index contributed by atoms with van der Waals surface area (Å²) in [4.78, 5) is 51.9. The molecule has 3 aromatic carbocycles. The second kappa shape index (κ2) is 11.6. The van der Waals surface area contributed by atoms with Crippen LogP contribution in [0.15, 0.2) is 83.5 Å². The smallest absolute Gasteiger partial charge is 0.338 e. The molecule has 1 aliphatic heterocycles. The zero-order chi connectivity index (χ0) is 27.2. The van der Waals surface area contributed by atoms with Crippen molar-refractivity contribution in [3.05, 3.63) is 94.7 Å². The van der Waals surface area contributed by atoms with Crippen molar-refractivity contribution in [3.63, 3.8) is 0 Å². The van der Waals surface area contributed by atoms with Crippen molar-refractivity contribution in [2.75, 3.05) is 29.3 Å². The molecule has 0 spiro atoms. The molecule has 0 radical (unpaired) electrons. The van der Waals surface area contributed by atoms with Crippen LogP contribution in [0, 0.1) is 0 Å². The van der Waals surface area contributed by atoms with Crippen molar-refractivity contribution >= 4 is 52.4 Å².